The number of alkyl halides is 3. The quantitative estimate of drug-likeness (QED) is 0.583. The van der Waals surface area contributed by atoms with Gasteiger partial charge in [0.05, 0.1) is 5.69 Å². The van der Waals surface area contributed by atoms with Gasteiger partial charge in [0.2, 0.25) is 0 Å². The molecule has 0 bridgehead atoms. The molecule has 0 radical (unpaired) electrons. The van der Waals surface area contributed by atoms with Crippen LogP contribution in [0.1, 0.15) is 63.6 Å². The lowest BCUT2D eigenvalue weighted by Gasteiger charge is -2.29. The van der Waals surface area contributed by atoms with Crippen LogP contribution in [-0.4, -0.2) is 78.3 Å². The number of nitrogens with zero attached hydrogens (tertiary/aromatic N) is 3. The Labute approximate surface area is 188 Å². The van der Waals surface area contributed by atoms with Crippen molar-refractivity contribution in [2.24, 2.45) is 5.92 Å². The van der Waals surface area contributed by atoms with Gasteiger partial charge in [0.25, 0.3) is 0 Å². The van der Waals surface area contributed by atoms with Gasteiger partial charge in [0.15, 0.2) is 0 Å². The van der Waals surface area contributed by atoms with E-state index >= 15 is 0 Å². The summed E-state index contributed by atoms with van der Waals surface area (Å²) in [6, 6.07) is 0. The Morgan fingerprint density at radius 3 is 2.41 bits per heavy atom. The minimum absolute atomic E-state index is 0.160. The van der Waals surface area contributed by atoms with Gasteiger partial charge in [-0.25, -0.2) is 4.79 Å². The molecule has 184 valence electrons. The van der Waals surface area contributed by atoms with E-state index in [-0.39, 0.29) is 18.6 Å². The molecule has 10 heteroatoms. The maximum absolute atomic E-state index is 12.2. The predicted molar refractivity (Wildman–Crippen MR) is 115 cm³/mol. The first kappa shape index (κ1) is 26.4. The Kier molecular flexibility index (Phi) is 9.39. The number of aromatic amines is 1. The van der Waals surface area contributed by atoms with E-state index in [0.717, 1.165) is 36.9 Å². The predicted octanol–water partition coefficient (Wildman–Crippen LogP) is 4.56. The van der Waals surface area contributed by atoms with Crippen molar-refractivity contribution < 1.29 is 27.4 Å². The van der Waals surface area contributed by atoms with Gasteiger partial charge in [-0.3, -0.25) is 5.10 Å². The minimum Gasteiger partial charge on any atom is -0.444 e. The molecular formula is C22H37F3N4O3. The summed E-state index contributed by atoms with van der Waals surface area (Å²) >= 11 is 0. The Morgan fingerprint density at radius 2 is 1.81 bits per heavy atom. The zero-order valence-electron chi connectivity index (χ0n) is 19.8. The number of H-pyrrole nitrogens is 1. The molecule has 0 aliphatic heterocycles. The van der Waals surface area contributed by atoms with Crippen LogP contribution in [0.3, 0.4) is 0 Å². The molecule has 0 spiro atoms. The molecule has 1 aromatic rings. The number of likely N-dealkylation sites (N-methyl/N-ethyl adjacent to an activating group) is 2. The Balaban J connectivity index is 1.77. The van der Waals surface area contributed by atoms with Crippen LogP contribution in [0, 0.1) is 5.92 Å². The van der Waals surface area contributed by atoms with Crippen molar-refractivity contribution in [3.8, 4) is 0 Å². The van der Waals surface area contributed by atoms with E-state index in [1.165, 1.54) is 0 Å². The highest BCUT2D eigenvalue weighted by molar-refractivity contribution is 5.67. The first-order valence-electron chi connectivity index (χ1n) is 11.1. The van der Waals surface area contributed by atoms with Crippen LogP contribution in [0.2, 0.25) is 0 Å². The molecule has 32 heavy (non-hydrogen) atoms. The summed E-state index contributed by atoms with van der Waals surface area (Å²) in [7, 11) is 3.72. The number of ether oxygens (including phenoxy) is 2. The number of halogens is 3. The van der Waals surface area contributed by atoms with Gasteiger partial charge < -0.3 is 19.3 Å². The smallest absolute Gasteiger partial charge is 0.411 e. The number of amides is 1. The van der Waals surface area contributed by atoms with Crippen molar-refractivity contribution in [1.29, 1.82) is 0 Å². The molecular weight excluding hydrogens is 425 g/mol. The number of rotatable bonds is 9. The van der Waals surface area contributed by atoms with E-state index in [4.69, 9.17) is 9.47 Å². The summed E-state index contributed by atoms with van der Waals surface area (Å²) in [5.74, 6) is 0.468. The highest BCUT2D eigenvalue weighted by Gasteiger charge is 2.30. The molecule has 1 aromatic heterocycles. The zero-order chi connectivity index (χ0) is 23.9. The van der Waals surface area contributed by atoms with Crippen molar-refractivity contribution >= 4 is 6.09 Å². The average molecular weight is 463 g/mol. The fourth-order valence-electron chi connectivity index (χ4n) is 3.87. The van der Waals surface area contributed by atoms with E-state index in [1.54, 1.807) is 11.9 Å². The topological polar surface area (TPSA) is 70.7 Å². The van der Waals surface area contributed by atoms with Gasteiger partial charge in [0.1, 0.15) is 12.2 Å². The maximum Gasteiger partial charge on any atom is 0.411 e. The fourth-order valence-corrected chi connectivity index (χ4v) is 3.87. The Hall–Kier alpha value is -1.81. The standard InChI is InChI=1S/C22H37F3N4O3/c1-21(2,3)32-20(30)29(5)11-10-28(4)13-18-12-26-27-19(18)17-8-6-16(7-9-17)14-31-15-22(23,24)25/h12,16-17H,6-11,13-15H2,1-5H3,(H,26,27)/t16-,17+. The number of carbonyl (C=O) groups excluding carboxylic acids is 1. The summed E-state index contributed by atoms with van der Waals surface area (Å²) in [6.07, 6.45) is 0.755. The van der Waals surface area contributed by atoms with Crippen LogP contribution in [-0.2, 0) is 16.0 Å². The van der Waals surface area contributed by atoms with Crippen LogP contribution in [0.15, 0.2) is 6.20 Å². The molecule has 1 N–H and O–H groups in total. The molecule has 1 heterocycles. The summed E-state index contributed by atoms with van der Waals surface area (Å²) in [5, 5.41) is 7.42. The molecule has 1 fully saturated rings. The second kappa shape index (κ2) is 11.4. The van der Waals surface area contributed by atoms with Crippen molar-refractivity contribution in [1.82, 2.24) is 20.0 Å². The highest BCUT2D eigenvalue weighted by Crippen LogP contribution is 2.36. The van der Waals surface area contributed by atoms with Gasteiger partial charge in [-0.2, -0.15) is 18.3 Å². The van der Waals surface area contributed by atoms with Gasteiger partial charge in [-0.05, 0) is 59.4 Å². The van der Waals surface area contributed by atoms with Gasteiger partial charge >= 0.3 is 12.3 Å². The molecule has 1 saturated carbocycles. The van der Waals surface area contributed by atoms with Crippen LogP contribution in [0.4, 0.5) is 18.0 Å². The summed E-state index contributed by atoms with van der Waals surface area (Å²) < 4.78 is 46.9. The first-order valence-corrected chi connectivity index (χ1v) is 11.1. The minimum atomic E-state index is -4.27. The van der Waals surface area contributed by atoms with Crippen molar-refractivity contribution in [3.05, 3.63) is 17.5 Å². The van der Waals surface area contributed by atoms with Crippen LogP contribution in [0.5, 0.6) is 0 Å². The third-order valence-electron chi connectivity index (χ3n) is 5.57. The van der Waals surface area contributed by atoms with Crippen LogP contribution in [0.25, 0.3) is 0 Å². The van der Waals surface area contributed by atoms with Crippen LogP contribution < -0.4 is 0 Å². The molecule has 1 amide bonds. The molecule has 0 atom stereocenters. The normalized spacial score (nSPS) is 19.9. The lowest BCUT2D eigenvalue weighted by molar-refractivity contribution is -0.177. The zero-order valence-corrected chi connectivity index (χ0v) is 19.8. The summed E-state index contributed by atoms with van der Waals surface area (Å²) in [4.78, 5) is 15.8. The molecule has 0 aromatic carbocycles. The molecule has 7 nitrogen and oxygen atoms in total. The van der Waals surface area contributed by atoms with Crippen molar-refractivity contribution in [3.63, 3.8) is 0 Å². The van der Waals surface area contributed by atoms with Gasteiger partial charge in [-0.15, -0.1) is 0 Å². The van der Waals surface area contributed by atoms with E-state index in [2.05, 4.69) is 15.1 Å². The Bertz CT molecular complexity index is 710. The molecule has 1 aliphatic carbocycles. The molecule has 0 saturated heterocycles. The second-order valence-corrected chi connectivity index (χ2v) is 9.78. The molecule has 1 aliphatic rings. The van der Waals surface area contributed by atoms with E-state index < -0.39 is 18.4 Å². The third kappa shape index (κ3) is 9.36. The van der Waals surface area contributed by atoms with E-state index in [9.17, 15) is 18.0 Å². The summed E-state index contributed by atoms with van der Waals surface area (Å²) in [6.45, 7) is 6.43. The molecule has 0 unspecified atom stereocenters. The van der Waals surface area contributed by atoms with E-state index in [0.29, 0.717) is 25.6 Å². The summed E-state index contributed by atoms with van der Waals surface area (Å²) in [5.41, 5.74) is 1.63. The lowest BCUT2D eigenvalue weighted by Crippen LogP contribution is -2.38. The number of carbonyl (C=O) groups is 1. The van der Waals surface area contributed by atoms with E-state index in [1.807, 2.05) is 34.0 Å². The number of hydrogen-bond donors (Lipinski definition) is 1. The monoisotopic (exact) mass is 462 g/mol. The Morgan fingerprint density at radius 1 is 1.16 bits per heavy atom. The number of nitrogens with one attached hydrogen (secondary N) is 1. The third-order valence-corrected chi connectivity index (χ3v) is 5.57. The van der Waals surface area contributed by atoms with Crippen LogP contribution >= 0.6 is 0 Å². The SMILES string of the molecule is CN(CCN(C)C(=O)OC(C)(C)C)Cc1c[nH]nc1[C@H]1CC[C@@H](COCC(F)(F)F)CC1. The largest absolute Gasteiger partial charge is 0.444 e. The van der Waals surface area contributed by atoms with Crippen molar-refractivity contribution in [2.45, 2.75) is 70.7 Å². The second-order valence-electron chi connectivity index (χ2n) is 9.78. The van der Waals surface area contributed by atoms with Gasteiger partial charge in [0, 0.05) is 51.0 Å². The lowest BCUT2D eigenvalue weighted by atomic mass is 9.80. The number of aromatic nitrogens is 2. The average Bonchev–Trinajstić information content (AvgIpc) is 3.12. The number of hydrogen-bond acceptors (Lipinski definition) is 5. The highest BCUT2D eigenvalue weighted by atomic mass is 19.4. The maximum atomic E-state index is 12.2. The fraction of sp³-hybridized carbons (Fsp3) is 0.818. The molecule has 2 rings (SSSR count). The van der Waals surface area contributed by atoms with Gasteiger partial charge in [-0.1, -0.05) is 0 Å². The first-order chi connectivity index (χ1) is 14.8. The van der Waals surface area contributed by atoms with Crippen molar-refractivity contribution in [2.75, 3.05) is 40.4 Å².